The molecule has 0 fully saturated rings. The Bertz CT molecular complexity index is 548. The minimum atomic E-state index is -0.637. The van der Waals surface area contributed by atoms with E-state index in [-0.39, 0.29) is 24.5 Å². The Morgan fingerprint density at radius 2 is 1.94 bits per heavy atom. The molecule has 0 aliphatic carbocycles. The lowest BCUT2D eigenvalue weighted by atomic mass is 10.1. The van der Waals surface area contributed by atoms with Gasteiger partial charge in [0.2, 0.25) is 0 Å². The Morgan fingerprint density at radius 1 is 1.18 bits per heavy atom. The number of rotatable bonds is 3. The number of phenols is 1. The Morgan fingerprint density at radius 3 is 2.71 bits per heavy atom. The molecule has 2 rings (SSSR count). The first-order valence-electron chi connectivity index (χ1n) is 5.22. The van der Waals surface area contributed by atoms with Crippen LogP contribution in [0.2, 0.25) is 0 Å². The zero-order valence-electron chi connectivity index (χ0n) is 9.09. The van der Waals surface area contributed by atoms with E-state index in [4.69, 9.17) is 9.84 Å². The first kappa shape index (κ1) is 11.4. The van der Waals surface area contributed by atoms with Gasteiger partial charge >= 0.3 is 5.97 Å². The fourth-order valence-electron chi connectivity index (χ4n) is 1.64. The van der Waals surface area contributed by atoms with Crippen molar-refractivity contribution in [2.24, 2.45) is 0 Å². The lowest BCUT2D eigenvalue weighted by Crippen LogP contribution is -2.09. The zero-order chi connectivity index (χ0) is 12.3. The molecule has 2 N–H and O–H groups in total. The normalized spacial score (nSPS) is 10.4. The highest BCUT2D eigenvalue weighted by Gasteiger charge is 2.14. The third kappa shape index (κ3) is 2.21. The Labute approximate surface area is 98.1 Å². The summed E-state index contributed by atoms with van der Waals surface area (Å²) >= 11 is 0. The topological polar surface area (TPSA) is 66.8 Å². The summed E-state index contributed by atoms with van der Waals surface area (Å²) in [5, 5.41) is 20.0. The number of benzene rings is 2. The first-order chi connectivity index (χ1) is 8.24. The van der Waals surface area contributed by atoms with Gasteiger partial charge in [-0.1, -0.05) is 30.3 Å². The van der Waals surface area contributed by atoms with Gasteiger partial charge in [0.25, 0.3) is 0 Å². The van der Waals surface area contributed by atoms with Crippen molar-refractivity contribution in [1.29, 1.82) is 0 Å². The van der Waals surface area contributed by atoms with E-state index in [0.29, 0.717) is 5.39 Å². The highest BCUT2D eigenvalue weighted by molar-refractivity contribution is 6.01. The summed E-state index contributed by atoms with van der Waals surface area (Å²) in [5.74, 6) is -0.728. The number of hydrogen-bond donors (Lipinski definition) is 2. The van der Waals surface area contributed by atoms with Crippen LogP contribution in [0.15, 0.2) is 36.4 Å². The molecule has 17 heavy (non-hydrogen) atoms. The minimum Gasteiger partial charge on any atom is -0.506 e. The van der Waals surface area contributed by atoms with E-state index in [0.717, 1.165) is 5.39 Å². The van der Waals surface area contributed by atoms with Crippen LogP contribution in [0.3, 0.4) is 0 Å². The number of aliphatic hydroxyl groups excluding tert-OH is 1. The Hall–Kier alpha value is -2.07. The van der Waals surface area contributed by atoms with Gasteiger partial charge in [0.1, 0.15) is 17.9 Å². The van der Waals surface area contributed by atoms with Crippen molar-refractivity contribution in [3.63, 3.8) is 0 Å². The van der Waals surface area contributed by atoms with E-state index < -0.39 is 5.97 Å². The number of ether oxygens (including phenoxy) is 1. The maximum atomic E-state index is 11.6. The minimum absolute atomic E-state index is 0.0783. The fourth-order valence-corrected chi connectivity index (χ4v) is 1.64. The summed E-state index contributed by atoms with van der Waals surface area (Å²) in [4.78, 5) is 11.6. The van der Waals surface area contributed by atoms with E-state index in [1.807, 2.05) is 12.1 Å². The van der Waals surface area contributed by atoms with Gasteiger partial charge in [-0.05, 0) is 11.5 Å². The van der Waals surface area contributed by atoms with Gasteiger partial charge in [0.15, 0.2) is 0 Å². The van der Waals surface area contributed by atoms with Crippen molar-refractivity contribution < 1.29 is 19.7 Å². The summed E-state index contributed by atoms with van der Waals surface area (Å²) in [7, 11) is 0. The predicted octanol–water partition coefficient (Wildman–Crippen LogP) is 1.69. The summed E-state index contributed by atoms with van der Waals surface area (Å²) in [6, 6.07) is 10.5. The third-order valence-corrected chi connectivity index (χ3v) is 2.44. The summed E-state index contributed by atoms with van der Waals surface area (Å²) < 4.78 is 4.76. The second kappa shape index (κ2) is 4.84. The third-order valence-electron chi connectivity index (χ3n) is 2.44. The molecule has 4 heteroatoms. The first-order valence-corrected chi connectivity index (χ1v) is 5.22. The van der Waals surface area contributed by atoms with E-state index in [1.54, 1.807) is 18.2 Å². The molecule has 0 atom stereocenters. The van der Waals surface area contributed by atoms with Crippen LogP contribution in [0.1, 0.15) is 10.4 Å². The van der Waals surface area contributed by atoms with Crippen molar-refractivity contribution in [1.82, 2.24) is 0 Å². The van der Waals surface area contributed by atoms with Crippen molar-refractivity contribution in [3.8, 4) is 5.75 Å². The maximum absolute atomic E-state index is 11.6. The van der Waals surface area contributed by atoms with Gasteiger partial charge in [-0.3, -0.25) is 0 Å². The number of hydrogen-bond acceptors (Lipinski definition) is 4. The SMILES string of the molecule is O=C(OCCO)c1ccc2ccccc2c1O. The Balaban J connectivity index is 2.42. The van der Waals surface area contributed by atoms with E-state index in [1.165, 1.54) is 6.07 Å². The molecule has 4 nitrogen and oxygen atoms in total. The van der Waals surface area contributed by atoms with Gasteiger partial charge < -0.3 is 14.9 Å². The summed E-state index contributed by atoms with van der Waals surface area (Å²) in [6.45, 7) is -0.314. The fraction of sp³-hybridized carbons (Fsp3) is 0.154. The standard InChI is InChI=1S/C13H12O4/c14-7-8-17-13(16)11-6-5-9-3-1-2-4-10(9)12(11)15/h1-6,14-15H,7-8H2. The van der Waals surface area contributed by atoms with E-state index in [9.17, 15) is 9.90 Å². The molecule has 0 spiro atoms. The van der Waals surface area contributed by atoms with Gasteiger partial charge in [-0.2, -0.15) is 0 Å². The maximum Gasteiger partial charge on any atom is 0.342 e. The van der Waals surface area contributed by atoms with Crippen LogP contribution in [0.4, 0.5) is 0 Å². The van der Waals surface area contributed by atoms with Gasteiger partial charge in [0, 0.05) is 5.39 Å². The number of fused-ring (bicyclic) bond motifs is 1. The molecular weight excluding hydrogens is 220 g/mol. The molecule has 2 aromatic rings. The van der Waals surface area contributed by atoms with Crippen LogP contribution >= 0.6 is 0 Å². The zero-order valence-corrected chi connectivity index (χ0v) is 9.09. The number of esters is 1. The molecule has 0 amide bonds. The molecule has 0 saturated heterocycles. The lowest BCUT2D eigenvalue weighted by molar-refractivity contribution is 0.0431. The molecule has 0 radical (unpaired) electrons. The summed E-state index contributed by atoms with van der Waals surface area (Å²) in [5.41, 5.74) is 0.108. The largest absolute Gasteiger partial charge is 0.506 e. The van der Waals surface area contributed by atoms with Crippen LogP contribution in [-0.4, -0.2) is 29.4 Å². The second-order valence-corrected chi connectivity index (χ2v) is 3.54. The van der Waals surface area contributed by atoms with Crippen molar-refractivity contribution in [3.05, 3.63) is 42.0 Å². The number of aliphatic hydroxyl groups is 1. The molecule has 2 aromatic carbocycles. The molecule has 0 aliphatic heterocycles. The average Bonchev–Trinajstić information content (AvgIpc) is 2.37. The molecule has 88 valence electrons. The second-order valence-electron chi connectivity index (χ2n) is 3.54. The molecular formula is C13H12O4. The van der Waals surface area contributed by atoms with Crippen LogP contribution in [-0.2, 0) is 4.74 Å². The average molecular weight is 232 g/mol. The smallest absolute Gasteiger partial charge is 0.342 e. The van der Waals surface area contributed by atoms with Crippen LogP contribution in [0, 0.1) is 0 Å². The molecule has 0 heterocycles. The van der Waals surface area contributed by atoms with Crippen molar-refractivity contribution in [2.45, 2.75) is 0 Å². The highest BCUT2D eigenvalue weighted by Crippen LogP contribution is 2.28. The highest BCUT2D eigenvalue weighted by atomic mass is 16.5. The van der Waals surface area contributed by atoms with Gasteiger partial charge in [-0.25, -0.2) is 4.79 Å². The molecule has 0 aromatic heterocycles. The predicted molar refractivity (Wildman–Crippen MR) is 63.0 cm³/mol. The van der Waals surface area contributed by atoms with Crippen LogP contribution < -0.4 is 0 Å². The molecule has 0 unspecified atom stereocenters. The van der Waals surface area contributed by atoms with Crippen LogP contribution in [0.5, 0.6) is 5.75 Å². The van der Waals surface area contributed by atoms with Gasteiger partial charge in [0.05, 0.1) is 6.61 Å². The molecule has 0 aliphatic rings. The molecule has 0 saturated carbocycles. The number of carbonyl (C=O) groups is 1. The van der Waals surface area contributed by atoms with E-state index >= 15 is 0 Å². The van der Waals surface area contributed by atoms with E-state index in [2.05, 4.69) is 0 Å². The lowest BCUT2D eigenvalue weighted by Gasteiger charge is -2.07. The van der Waals surface area contributed by atoms with Crippen molar-refractivity contribution >= 4 is 16.7 Å². The quantitative estimate of drug-likeness (QED) is 0.790. The van der Waals surface area contributed by atoms with Gasteiger partial charge in [-0.15, -0.1) is 0 Å². The Kier molecular flexibility index (Phi) is 3.25. The van der Waals surface area contributed by atoms with Crippen molar-refractivity contribution in [2.75, 3.05) is 13.2 Å². The number of phenolic OH excluding ortho intramolecular Hbond substituents is 1. The number of aromatic hydroxyl groups is 1. The summed E-state index contributed by atoms with van der Waals surface area (Å²) in [6.07, 6.45) is 0. The number of carbonyl (C=O) groups excluding carboxylic acids is 1. The molecule has 0 bridgehead atoms. The monoisotopic (exact) mass is 232 g/mol. The van der Waals surface area contributed by atoms with Crippen LogP contribution in [0.25, 0.3) is 10.8 Å².